The van der Waals surface area contributed by atoms with E-state index in [1.807, 2.05) is 25.1 Å². The van der Waals surface area contributed by atoms with Gasteiger partial charge in [0.2, 0.25) is 0 Å². The molecule has 0 radical (unpaired) electrons. The lowest BCUT2D eigenvalue weighted by Gasteiger charge is -2.06. The molecule has 0 aliphatic rings. The fraction of sp³-hybridized carbons (Fsp3) is 0.0909. The Bertz CT molecular complexity index is 503. The summed E-state index contributed by atoms with van der Waals surface area (Å²) >= 11 is 0. The number of aryl methyl sites for hydroxylation is 1. The summed E-state index contributed by atoms with van der Waals surface area (Å²) in [6, 6.07) is 5.72. The number of amidine groups is 1. The first-order valence-corrected chi connectivity index (χ1v) is 4.38. The van der Waals surface area contributed by atoms with Gasteiger partial charge in [-0.2, -0.15) is 0 Å². The number of nitrogen functional groups attached to an aromatic ring is 1. The number of aromatic nitrogens is 1. The SMILES string of the molecule is Cc1ccc(C(=N)N)c2ccncc12. The van der Waals surface area contributed by atoms with Gasteiger partial charge in [0.1, 0.15) is 5.84 Å². The van der Waals surface area contributed by atoms with Gasteiger partial charge < -0.3 is 5.73 Å². The molecular weight excluding hydrogens is 174 g/mol. The summed E-state index contributed by atoms with van der Waals surface area (Å²) < 4.78 is 0. The molecule has 3 heteroatoms. The van der Waals surface area contributed by atoms with Crippen molar-refractivity contribution in [2.24, 2.45) is 5.73 Å². The molecule has 0 aliphatic heterocycles. The first kappa shape index (κ1) is 8.69. The highest BCUT2D eigenvalue weighted by Crippen LogP contribution is 2.20. The maximum Gasteiger partial charge on any atom is 0.123 e. The maximum absolute atomic E-state index is 7.45. The summed E-state index contributed by atoms with van der Waals surface area (Å²) in [5, 5.41) is 9.49. The van der Waals surface area contributed by atoms with E-state index < -0.39 is 0 Å². The highest BCUT2D eigenvalue weighted by Gasteiger charge is 2.04. The molecule has 1 aromatic heterocycles. The third-order valence-corrected chi connectivity index (χ3v) is 2.33. The van der Waals surface area contributed by atoms with Gasteiger partial charge in [0.15, 0.2) is 0 Å². The summed E-state index contributed by atoms with van der Waals surface area (Å²) in [4.78, 5) is 4.06. The van der Waals surface area contributed by atoms with Crippen molar-refractivity contribution < 1.29 is 0 Å². The lowest BCUT2D eigenvalue weighted by Crippen LogP contribution is -2.11. The Morgan fingerprint density at radius 1 is 1.29 bits per heavy atom. The number of pyridine rings is 1. The number of hydrogen-bond acceptors (Lipinski definition) is 2. The normalized spacial score (nSPS) is 10.4. The molecule has 2 aromatic rings. The first-order chi connectivity index (χ1) is 6.70. The Morgan fingerprint density at radius 3 is 2.79 bits per heavy atom. The summed E-state index contributed by atoms with van der Waals surface area (Å²) in [6.07, 6.45) is 3.52. The molecule has 0 unspecified atom stereocenters. The summed E-state index contributed by atoms with van der Waals surface area (Å²) in [5.74, 6) is 0.0983. The number of nitrogens with one attached hydrogen (secondary N) is 1. The van der Waals surface area contributed by atoms with Gasteiger partial charge in [-0.1, -0.05) is 12.1 Å². The van der Waals surface area contributed by atoms with Gasteiger partial charge in [-0.05, 0) is 23.9 Å². The highest BCUT2D eigenvalue weighted by atomic mass is 14.7. The average Bonchev–Trinajstić information content (AvgIpc) is 2.18. The third kappa shape index (κ3) is 1.23. The minimum absolute atomic E-state index is 0.0983. The molecule has 0 fully saturated rings. The van der Waals surface area contributed by atoms with Gasteiger partial charge >= 0.3 is 0 Å². The zero-order valence-corrected chi connectivity index (χ0v) is 7.91. The van der Waals surface area contributed by atoms with Crippen LogP contribution in [0.3, 0.4) is 0 Å². The number of nitrogens with zero attached hydrogens (tertiary/aromatic N) is 1. The molecule has 0 aliphatic carbocycles. The predicted octanol–water partition coefficient (Wildman–Crippen LogP) is 1.83. The molecule has 0 bridgehead atoms. The Hall–Kier alpha value is -1.90. The molecule has 3 nitrogen and oxygen atoms in total. The number of fused-ring (bicyclic) bond motifs is 1. The van der Waals surface area contributed by atoms with E-state index in [-0.39, 0.29) is 5.84 Å². The number of hydrogen-bond donors (Lipinski definition) is 2. The summed E-state index contributed by atoms with van der Waals surface area (Å²) in [5.41, 5.74) is 7.42. The van der Waals surface area contributed by atoms with Gasteiger partial charge in [-0.25, -0.2) is 0 Å². The van der Waals surface area contributed by atoms with Crippen LogP contribution >= 0.6 is 0 Å². The standard InChI is InChI=1S/C11H11N3/c1-7-2-3-9(11(12)13)8-4-5-14-6-10(7)8/h2-6H,1H3,(H3,12,13). The Morgan fingerprint density at radius 2 is 2.07 bits per heavy atom. The van der Waals surface area contributed by atoms with E-state index in [1.165, 1.54) is 0 Å². The molecule has 14 heavy (non-hydrogen) atoms. The van der Waals surface area contributed by atoms with E-state index in [9.17, 15) is 0 Å². The molecule has 70 valence electrons. The van der Waals surface area contributed by atoms with Crippen LogP contribution in [0.5, 0.6) is 0 Å². The minimum atomic E-state index is 0.0983. The fourth-order valence-electron chi connectivity index (χ4n) is 1.57. The largest absolute Gasteiger partial charge is 0.384 e. The summed E-state index contributed by atoms with van der Waals surface area (Å²) in [6.45, 7) is 2.02. The van der Waals surface area contributed by atoms with Crippen LogP contribution in [-0.4, -0.2) is 10.8 Å². The lowest BCUT2D eigenvalue weighted by atomic mass is 10.0. The van der Waals surface area contributed by atoms with Gasteiger partial charge in [-0.3, -0.25) is 10.4 Å². The van der Waals surface area contributed by atoms with Crippen molar-refractivity contribution in [1.29, 1.82) is 5.41 Å². The maximum atomic E-state index is 7.45. The van der Waals surface area contributed by atoms with Crippen molar-refractivity contribution in [3.63, 3.8) is 0 Å². The molecule has 3 N–H and O–H groups in total. The predicted molar refractivity (Wildman–Crippen MR) is 57.5 cm³/mol. The quantitative estimate of drug-likeness (QED) is 0.526. The monoisotopic (exact) mass is 185 g/mol. The van der Waals surface area contributed by atoms with E-state index >= 15 is 0 Å². The first-order valence-electron chi connectivity index (χ1n) is 4.38. The van der Waals surface area contributed by atoms with E-state index in [2.05, 4.69) is 4.98 Å². The van der Waals surface area contributed by atoms with Crippen LogP contribution < -0.4 is 5.73 Å². The average molecular weight is 185 g/mol. The Balaban J connectivity index is 2.88. The lowest BCUT2D eigenvalue weighted by molar-refractivity contribution is 1.34. The second kappa shape index (κ2) is 3.10. The third-order valence-electron chi connectivity index (χ3n) is 2.33. The molecule has 0 amide bonds. The van der Waals surface area contributed by atoms with Crippen molar-refractivity contribution in [3.05, 3.63) is 41.7 Å². The van der Waals surface area contributed by atoms with Gasteiger partial charge in [0, 0.05) is 23.3 Å². The van der Waals surface area contributed by atoms with Crippen LogP contribution in [-0.2, 0) is 0 Å². The highest BCUT2D eigenvalue weighted by molar-refractivity contribution is 6.08. The molecule has 1 heterocycles. The Labute approximate surface area is 82.1 Å². The zero-order chi connectivity index (χ0) is 10.1. The van der Waals surface area contributed by atoms with Crippen molar-refractivity contribution in [2.45, 2.75) is 6.92 Å². The van der Waals surface area contributed by atoms with Crippen LogP contribution in [0.1, 0.15) is 11.1 Å². The van der Waals surface area contributed by atoms with Crippen molar-refractivity contribution in [1.82, 2.24) is 4.98 Å². The molecule has 0 spiro atoms. The van der Waals surface area contributed by atoms with Crippen LogP contribution in [0.15, 0.2) is 30.6 Å². The second-order valence-electron chi connectivity index (χ2n) is 3.26. The van der Waals surface area contributed by atoms with Crippen molar-refractivity contribution >= 4 is 16.6 Å². The number of rotatable bonds is 1. The Kier molecular flexibility index (Phi) is 1.93. The van der Waals surface area contributed by atoms with E-state index in [4.69, 9.17) is 11.1 Å². The molecule has 0 atom stereocenters. The molecule has 2 rings (SSSR count). The smallest absolute Gasteiger partial charge is 0.123 e. The van der Waals surface area contributed by atoms with E-state index in [1.54, 1.807) is 12.4 Å². The van der Waals surface area contributed by atoms with Crippen molar-refractivity contribution in [2.75, 3.05) is 0 Å². The minimum Gasteiger partial charge on any atom is -0.384 e. The van der Waals surface area contributed by atoms with E-state index in [0.717, 1.165) is 21.9 Å². The zero-order valence-electron chi connectivity index (χ0n) is 7.91. The van der Waals surface area contributed by atoms with Crippen LogP contribution in [0.4, 0.5) is 0 Å². The second-order valence-corrected chi connectivity index (χ2v) is 3.26. The molecule has 1 aromatic carbocycles. The van der Waals surface area contributed by atoms with Crippen LogP contribution in [0.25, 0.3) is 10.8 Å². The summed E-state index contributed by atoms with van der Waals surface area (Å²) in [7, 11) is 0. The topological polar surface area (TPSA) is 62.8 Å². The van der Waals surface area contributed by atoms with Crippen LogP contribution in [0, 0.1) is 12.3 Å². The number of nitrogens with two attached hydrogens (primary N) is 1. The molecular formula is C11H11N3. The molecule has 0 saturated heterocycles. The molecule has 0 saturated carbocycles. The van der Waals surface area contributed by atoms with E-state index in [0.29, 0.717) is 0 Å². The van der Waals surface area contributed by atoms with Gasteiger partial charge in [0.05, 0.1) is 0 Å². The van der Waals surface area contributed by atoms with Gasteiger partial charge in [0.25, 0.3) is 0 Å². The van der Waals surface area contributed by atoms with Gasteiger partial charge in [-0.15, -0.1) is 0 Å². The van der Waals surface area contributed by atoms with Crippen LogP contribution in [0.2, 0.25) is 0 Å². The number of benzene rings is 1. The fourth-order valence-corrected chi connectivity index (χ4v) is 1.57. The van der Waals surface area contributed by atoms with Crippen molar-refractivity contribution in [3.8, 4) is 0 Å².